The molecule has 0 aliphatic heterocycles. The van der Waals surface area contributed by atoms with E-state index in [0.717, 1.165) is 11.1 Å². The molecule has 4 rings (SSSR count). The van der Waals surface area contributed by atoms with Crippen molar-refractivity contribution in [3.8, 4) is 0 Å². The van der Waals surface area contributed by atoms with Gasteiger partial charge in [-0.15, -0.1) is 0 Å². The van der Waals surface area contributed by atoms with Crippen LogP contribution in [0, 0.1) is 0 Å². The summed E-state index contributed by atoms with van der Waals surface area (Å²) in [7, 11) is 0. The van der Waals surface area contributed by atoms with Gasteiger partial charge in [0.15, 0.2) is 0 Å². The fraction of sp³-hybridized carbons (Fsp3) is 0.185. The molecule has 2 atom stereocenters. The third-order valence-electron chi connectivity index (χ3n) is 5.94. The van der Waals surface area contributed by atoms with Gasteiger partial charge in [-0.3, -0.25) is 9.59 Å². The Bertz CT molecular complexity index is 1210. The molecule has 4 aromatic rings. The van der Waals surface area contributed by atoms with Crippen molar-refractivity contribution in [2.75, 3.05) is 6.54 Å². The van der Waals surface area contributed by atoms with Gasteiger partial charge < -0.3 is 15.4 Å². The molecule has 3 N–H and O–H groups in total. The van der Waals surface area contributed by atoms with Gasteiger partial charge in [0.1, 0.15) is 0 Å². The van der Waals surface area contributed by atoms with Gasteiger partial charge in [-0.2, -0.15) is 0 Å². The molecular formula is C27H26N2O3. The van der Waals surface area contributed by atoms with Crippen molar-refractivity contribution < 1.29 is 14.7 Å². The Morgan fingerprint density at radius 2 is 1.59 bits per heavy atom. The minimum absolute atomic E-state index is 0.0930. The second-order valence-corrected chi connectivity index (χ2v) is 7.99. The number of H-pyrrole nitrogens is 1. The molecule has 5 heteroatoms. The van der Waals surface area contributed by atoms with Crippen molar-refractivity contribution in [1.29, 1.82) is 0 Å². The number of hydrogen-bond acceptors (Lipinski definition) is 2. The summed E-state index contributed by atoms with van der Waals surface area (Å²) in [5.74, 6) is -0.885. The molecule has 32 heavy (non-hydrogen) atoms. The van der Waals surface area contributed by atoms with Crippen molar-refractivity contribution in [2.45, 2.75) is 25.2 Å². The maximum absolute atomic E-state index is 12.3. The van der Waals surface area contributed by atoms with E-state index in [4.69, 9.17) is 5.11 Å². The average molecular weight is 427 g/mol. The predicted octanol–water partition coefficient (Wildman–Crippen LogP) is 5.31. The van der Waals surface area contributed by atoms with Gasteiger partial charge in [-0.1, -0.05) is 67.6 Å². The summed E-state index contributed by atoms with van der Waals surface area (Å²) in [6.07, 6.45) is 2.01. The molecule has 1 aromatic heterocycles. The number of carboxylic acids is 1. The number of benzene rings is 3. The van der Waals surface area contributed by atoms with E-state index < -0.39 is 5.97 Å². The Morgan fingerprint density at radius 1 is 0.906 bits per heavy atom. The number of aliphatic carboxylic acids is 1. The van der Waals surface area contributed by atoms with Gasteiger partial charge in [0.25, 0.3) is 5.91 Å². The van der Waals surface area contributed by atoms with E-state index >= 15 is 0 Å². The average Bonchev–Trinajstić information content (AvgIpc) is 3.23. The number of amides is 1. The molecule has 3 aromatic carbocycles. The van der Waals surface area contributed by atoms with Crippen LogP contribution >= 0.6 is 0 Å². The van der Waals surface area contributed by atoms with Crippen LogP contribution in [0.4, 0.5) is 0 Å². The molecule has 0 fully saturated rings. The molecule has 0 spiro atoms. The zero-order chi connectivity index (χ0) is 22.5. The SMILES string of the molecule is CC(c1ccc(C(=O)NCCC(=O)O)cc1)C(c1ccccc1)c1c[nH]c2ccccc12. The summed E-state index contributed by atoms with van der Waals surface area (Å²) in [6, 6.07) is 26.4. The van der Waals surface area contributed by atoms with Crippen LogP contribution in [0.3, 0.4) is 0 Å². The van der Waals surface area contributed by atoms with Crippen LogP contribution in [0.1, 0.15) is 52.2 Å². The van der Waals surface area contributed by atoms with E-state index in [0.29, 0.717) is 5.56 Å². The summed E-state index contributed by atoms with van der Waals surface area (Å²) in [4.78, 5) is 26.3. The number of carbonyl (C=O) groups is 2. The number of fused-ring (bicyclic) bond motifs is 1. The summed E-state index contributed by atoms with van der Waals surface area (Å²) in [6.45, 7) is 2.32. The first kappa shape index (κ1) is 21.4. The molecular weight excluding hydrogens is 400 g/mol. The first-order valence-corrected chi connectivity index (χ1v) is 10.8. The smallest absolute Gasteiger partial charge is 0.305 e. The molecule has 5 nitrogen and oxygen atoms in total. The number of aromatic amines is 1. The number of carboxylic acid groups (broad SMARTS) is 1. The lowest BCUT2D eigenvalue weighted by atomic mass is 9.78. The van der Waals surface area contributed by atoms with Gasteiger partial charge in [-0.05, 0) is 40.8 Å². The predicted molar refractivity (Wildman–Crippen MR) is 126 cm³/mol. The first-order valence-electron chi connectivity index (χ1n) is 10.8. The molecule has 0 radical (unpaired) electrons. The topological polar surface area (TPSA) is 82.2 Å². The summed E-state index contributed by atoms with van der Waals surface area (Å²) in [5, 5.41) is 12.6. The van der Waals surface area contributed by atoms with Crippen LogP contribution in [-0.4, -0.2) is 28.5 Å². The summed E-state index contributed by atoms with van der Waals surface area (Å²) < 4.78 is 0. The van der Waals surface area contributed by atoms with Gasteiger partial charge >= 0.3 is 5.97 Å². The van der Waals surface area contributed by atoms with E-state index in [-0.39, 0.29) is 30.7 Å². The van der Waals surface area contributed by atoms with E-state index in [9.17, 15) is 9.59 Å². The number of nitrogens with one attached hydrogen (secondary N) is 2. The number of para-hydroxylation sites is 1. The van der Waals surface area contributed by atoms with Gasteiger partial charge in [0, 0.05) is 35.1 Å². The Balaban J connectivity index is 1.63. The normalized spacial score (nSPS) is 12.9. The van der Waals surface area contributed by atoms with E-state index in [2.05, 4.69) is 65.9 Å². The zero-order valence-corrected chi connectivity index (χ0v) is 17.9. The van der Waals surface area contributed by atoms with Gasteiger partial charge in [0.2, 0.25) is 0 Å². The van der Waals surface area contributed by atoms with E-state index in [1.807, 2.05) is 24.3 Å². The fourth-order valence-corrected chi connectivity index (χ4v) is 4.26. The fourth-order valence-electron chi connectivity index (χ4n) is 4.26. The highest BCUT2D eigenvalue weighted by Gasteiger charge is 2.25. The minimum atomic E-state index is -0.932. The van der Waals surface area contributed by atoms with E-state index in [1.165, 1.54) is 16.5 Å². The molecule has 0 aliphatic carbocycles. The van der Waals surface area contributed by atoms with Crippen LogP contribution in [0.15, 0.2) is 85.1 Å². The van der Waals surface area contributed by atoms with Crippen molar-refractivity contribution in [1.82, 2.24) is 10.3 Å². The van der Waals surface area contributed by atoms with Crippen molar-refractivity contribution >= 4 is 22.8 Å². The number of carbonyl (C=O) groups excluding carboxylic acids is 1. The highest BCUT2D eigenvalue weighted by Crippen LogP contribution is 2.41. The minimum Gasteiger partial charge on any atom is -0.481 e. The number of hydrogen-bond donors (Lipinski definition) is 3. The van der Waals surface area contributed by atoms with E-state index in [1.54, 1.807) is 12.1 Å². The maximum atomic E-state index is 12.3. The first-order chi connectivity index (χ1) is 15.5. The Kier molecular flexibility index (Phi) is 6.36. The standard InChI is InChI=1S/C27H26N2O3/c1-18(19-11-13-21(14-12-19)27(32)28-16-15-25(30)31)26(20-7-3-2-4-8-20)23-17-29-24-10-6-5-9-22(23)24/h2-14,17-18,26,29H,15-16H2,1H3,(H,28,32)(H,30,31). The maximum Gasteiger partial charge on any atom is 0.305 e. The quantitative estimate of drug-likeness (QED) is 0.357. The number of rotatable bonds is 8. The molecule has 0 bridgehead atoms. The molecule has 1 amide bonds. The van der Waals surface area contributed by atoms with Crippen LogP contribution in [0.25, 0.3) is 10.9 Å². The molecule has 2 unspecified atom stereocenters. The Hall–Kier alpha value is -3.86. The molecule has 0 saturated heterocycles. The lowest BCUT2D eigenvalue weighted by Crippen LogP contribution is -2.26. The van der Waals surface area contributed by atoms with Gasteiger partial charge in [0.05, 0.1) is 6.42 Å². The van der Waals surface area contributed by atoms with Crippen molar-refractivity contribution in [3.63, 3.8) is 0 Å². The van der Waals surface area contributed by atoms with Crippen LogP contribution in [0.5, 0.6) is 0 Å². The molecule has 0 saturated carbocycles. The lowest BCUT2D eigenvalue weighted by Gasteiger charge is -2.25. The highest BCUT2D eigenvalue weighted by atomic mass is 16.4. The van der Waals surface area contributed by atoms with Crippen LogP contribution in [0.2, 0.25) is 0 Å². The third kappa shape index (κ3) is 4.57. The zero-order valence-electron chi connectivity index (χ0n) is 17.9. The Morgan fingerprint density at radius 3 is 2.31 bits per heavy atom. The van der Waals surface area contributed by atoms with Crippen LogP contribution in [-0.2, 0) is 4.79 Å². The van der Waals surface area contributed by atoms with Crippen molar-refractivity contribution in [3.05, 3.63) is 107 Å². The highest BCUT2D eigenvalue weighted by molar-refractivity contribution is 5.94. The van der Waals surface area contributed by atoms with Gasteiger partial charge in [-0.25, -0.2) is 0 Å². The molecule has 162 valence electrons. The summed E-state index contributed by atoms with van der Waals surface area (Å²) in [5.41, 5.74) is 5.25. The third-order valence-corrected chi connectivity index (χ3v) is 5.94. The van der Waals surface area contributed by atoms with Crippen LogP contribution < -0.4 is 5.32 Å². The second-order valence-electron chi connectivity index (χ2n) is 7.99. The monoisotopic (exact) mass is 426 g/mol. The summed E-state index contributed by atoms with van der Waals surface area (Å²) >= 11 is 0. The lowest BCUT2D eigenvalue weighted by molar-refractivity contribution is -0.136. The Labute approximate surface area is 187 Å². The van der Waals surface area contributed by atoms with Crippen molar-refractivity contribution in [2.24, 2.45) is 0 Å². The second kappa shape index (κ2) is 9.52. The largest absolute Gasteiger partial charge is 0.481 e. The molecule has 1 heterocycles. The number of aromatic nitrogens is 1. The molecule has 0 aliphatic rings.